The van der Waals surface area contributed by atoms with Gasteiger partial charge in [-0.15, -0.1) is 0 Å². The van der Waals surface area contributed by atoms with E-state index in [-0.39, 0.29) is 0 Å². The molecule has 0 aromatic heterocycles. The van der Waals surface area contributed by atoms with E-state index in [4.69, 9.17) is 11.6 Å². The molecule has 1 amide bonds. The van der Waals surface area contributed by atoms with E-state index in [0.717, 1.165) is 30.6 Å². The van der Waals surface area contributed by atoms with Gasteiger partial charge in [0, 0.05) is 6.54 Å². The summed E-state index contributed by atoms with van der Waals surface area (Å²) in [6.07, 6.45) is 1.74. The van der Waals surface area contributed by atoms with Crippen molar-refractivity contribution in [3.63, 3.8) is 0 Å². The Kier molecular flexibility index (Phi) is 1.77. The summed E-state index contributed by atoms with van der Waals surface area (Å²) in [5.74, 6) is 0. The van der Waals surface area contributed by atoms with Crippen molar-refractivity contribution in [1.82, 2.24) is 0 Å². The molecule has 1 aromatic carbocycles. The van der Waals surface area contributed by atoms with Crippen molar-refractivity contribution in [2.75, 3.05) is 11.4 Å². The number of nitrogens with zero attached hydrogens (tertiary/aromatic N) is 1. The first-order valence-corrected chi connectivity index (χ1v) is 4.20. The Balaban J connectivity index is 2.55. The number of fused-ring (bicyclic) bond motifs is 1. The molecule has 2 rings (SSSR count). The third-order valence-electron chi connectivity index (χ3n) is 2.11. The molecule has 0 bridgehead atoms. The molecule has 62 valence electrons. The molecule has 0 atom stereocenters. The maximum Gasteiger partial charge on any atom is 0.214 e. The summed E-state index contributed by atoms with van der Waals surface area (Å²) < 4.78 is 0. The Morgan fingerprint density at radius 2 is 2.33 bits per heavy atom. The predicted molar refractivity (Wildman–Crippen MR) is 48.6 cm³/mol. The predicted octanol–water partition coefficient (Wildman–Crippen LogP) is 1.86. The lowest BCUT2D eigenvalue weighted by Crippen LogP contribution is -2.17. The Bertz CT molecular complexity index is 324. The highest BCUT2D eigenvalue weighted by molar-refractivity contribution is 6.33. The molecule has 0 radical (unpaired) electrons. The number of amides is 1. The fraction of sp³-hybridized carbons (Fsp3) is 0.222. The first-order chi connectivity index (χ1) is 5.83. The standard InChI is InChI=1S/C9H8ClNO/c10-8-3-1-2-7-4-5-11(6-12)9(7)8/h1-3,6H,4-5H2. The summed E-state index contributed by atoms with van der Waals surface area (Å²) in [6.45, 7) is 0.753. The molecule has 0 aliphatic carbocycles. The molecule has 3 heteroatoms. The monoisotopic (exact) mass is 181 g/mol. The van der Waals surface area contributed by atoms with Gasteiger partial charge in [-0.05, 0) is 18.1 Å². The van der Waals surface area contributed by atoms with Crippen LogP contribution < -0.4 is 4.90 Å². The SMILES string of the molecule is O=CN1CCc2cccc(Cl)c21. The number of anilines is 1. The van der Waals surface area contributed by atoms with Crippen LogP contribution in [0.5, 0.6) is 0 Å². The van der Waals surface area contributed by atoms with Crippen molar-refractivity contribution in [2.45, 2.75) is 6.42 Å². The van der Waals surface area contributed by atoms with Crippen molar-refractivity contribution in [3.05, 3.63) is 28.8 Å². The van der Waals surface area contributed by atoms with Crippen LogP contribution in [0.4, 0.5) is 5.69 Å². The first-order valence-electron chi connectivity index (χ1n) is 3.82. The molecule has 0 N–H and O–H groups in total. The van der Waals surface area contributed by atoms with E-state index in [9.17, 15) is 4.79 Å². The van der Waals surface area contributed by atoms with E-state index in [1.165, 1.54) is 0 Å². The molecule has 12 heavy (non-hydrogen) atoms. The van der Waals surface area contributed by atoms with Crippen LogP contribution in [0.3, 0.4) is 0 Å². The second-order valence-electron chi connectivity index (χ2n) is 2.80. The van der Waals surface area contributed by atoms with E-state index in [1.54, 1.807) is 4.90 Å². The summed E-state index contributed by atoms with van der Waals surface area (Å²) in [7, 11) is 0. The smallest absolute Gasteiger partial charge is 0.214 e. The minimum atomic E-state index is 0.664. The molecule has 0 saturated carbocycles. The number of para-hydroxylation sites is 1. The van der Waals surface area contributed by atoms with Crippen LogP contribution in [-0.4, -0.2) is 13.0 Å². The number of carbonyl (C=O) groups is 1. The number of hydrogen-bond acceptors (Lipinski definition) is 1. The highest BCUT2D eigenvalue weighted by atomic mass is 35.5. The molecule has 1 aromatic rings. The zero-order valence-electron chi connectivity index (χ0n) is 6.46. The van der Waals surface area contributed by atoms with Crippen LogP contribution in [0.1, 0.15) is 5.56 Å². The molecule has 1 aliphatic heterocycles. The van der Waals surface area contributed by atoms with Gasteiger partial charge in [0.15, 0.2) is 0 Å². The van der Waals surface area contributed by atoms with Gasteiger partial charge in [-0.25, -0.2) is 0 Å². The van der Waals surface area contributed by atoms with Crippen molar-refractivity contribution in [3.8, 4) is 0 Å². The van der Waals surface area contributed by atoms with Gasteiger partial charge in [0.1, 0.15) is 0 Å². The lowest BCUT2D eigenvalue weighted by molar-refractivity contribution is -0.107. The van der Waals surface area contributed by atoms with E-state index in [2.05, 4.69) is 0 Å². The second kappa shape index (κ2) is 2.79. The van der Waals surface area contributed by atoms with Gasteiger partial charge in [0.05, 0.1) is 10.7 Å². The van der Waals surface area contributed by atoms with Crippen LogP contribution in [-0.2, 0) is 11.2 Å². The van der Waals surface area contributed by atoms with Crippen LogP contribution in [0.15, 0.2) is 18.2 Å². The topological polar surface area (TPSA) is 20.3 Å². The fourth-order valence-electron chi connectivity index (χ4n) is 1.54. The molecule has 0 saturated heterocycles. The second-order valence-corrected chi connectivity index (χ2v) is 3.20. The highest BCUT2D eigenvalue weighted by Gasteiger charge is 2.20. The minimum Gasteiger partial charge on any atom is -0.313 e. The van der Waals surface area contributed by atoms with E-state index >= 15 is 0 Å². The Hall–Kier alpha value is -1.02. The van der Waals surface area contributed by atoms with Crippen molar-refractivity contribution < 1.29 is 4.79 Å². The summed E-state index contributed by atoms with van der Waals surface area (Å²) in [5.41, 5.74) is 2.05. The number of hydrogen-bond donors (Lipinski definition) is 0. The van der Waals surface area contributed by atoms with E-state index in [0.29, 0.717) is 5.02 Å². The highest BCUT2D eigenvalue weighted by Crippen LogP contribution is 2.33. The van der Waals surface area contributed by atoms with Crippen LogP contribution >= 0.6 is 11.6 Å². The van der Waals surface area contributed by atoms with Crippen molar-refractivity contribution in [1.29, 1.82) is 0 Å². The Labute approximate surface area is 75.7 Å². The first kappa shape index (κ1) is 7.62. The molecule has 0 unspecified atom stereocenters. The van der Waals surface area contributed by atoms with Crippen molar-refractivity contribution >= 4 is 23.7 Å². The van der Waals surface area contributed by atoms with Crippen LogP contribution in [0.2, 0.25) is 5.02 Å². The molecule has 0 fully saturated rings. The molecule has 0 spiro atoms. The average Bonchev–Trinajstić information content (AvgIpc) is 2.49. The average molecular weight is 182 g/mol. The number of benzene rings is 1. The number of carbonyl (C=O) groups excluding carboxylic acids is 1. The third kappa shape index (κ3) is 0.994. The van der Waals surface area contributed by atoms with E-state index < -0.39 is 0 Å². The van der Waals surface area contributed by atoms with Gasteiger partial charge in [0.25, 0.3) is 0 Å². The number of halogens is 1. The lowest BCUT2D eigenvalue weighted by Gasteiger charge is -2.10. The van der Waals surface area contributed by atoms with Gasteiger partial charge in [0.2, 0.25) is 6.41 Å². The van der Waals surface area contributed by atoms with Gasteiger partial charge >= 0.3 is 0 Å². The van der Waals surface area contributed by atoms with Crippen LogP contribution in [0.25, 0.3) is 0 Å². The normalized spacial score (nSPS) is 14.6. The van der Waals surface area contributed by atoms with E-state index in [1.807, 2.05) is 18.2 Å². The maximum absolute atomic E-state index is 10.6. The van der Waals surface area contributed by atoms with Gasteiger partial charge < -0.3 is 4.90 Å². The zero-order valence-corrected chi connectivity index (χ0v) is 7.21. The summed E-state index contributed by atoms with van der Waals surface area (Å²) in [6, 6.07) is 5.72. The minimum absolute atomic E-state index is 0.664. The van der Waals surface area contributed by atoms with Crippen molar-refractivity contribution in [2.24, 2.45) is 0 Å². The molecule has 1 heterocycles. The zero-order chi connectivity index (χ0) is 8.55. The maximum atomic E-state index is 10.6. The fourth-order valence-corrected chi connectivity index (χ4v) is 1.84. The molecular weight excluding hydrogens is 174 g/mol. The van der Waals surface area contributed by atoms with Crippen LogP contribution in [0, 0.1) is 0 Å². The number of rotatable bonds is 1. The Morgan fingerprint density at radius 3 is 3.08 bits per heavy atom. The van der Waals surface area contributed by atoms with Gasteiger partial charge in [-0.2, -0.15) is 0 Å². The Morgan fingerprint density at radius 1 is 1.50 bits per heavy atom. The summed E-state index contributed by atoms with van der Waals surface area (Å²) >= 11 is 5.94. The molecular formula is C9H8ClNO. The quantitative estimate of drug-likeness (QED) is 0.606. The lowest BCUT2D eigenvalue weighted by atomic mass is 10.2. The summed E-state index contributed by atoms with van der Waals surface area (Å²) in [4.78, 5) is 12.2. The van der Waals surface area contributed by atoms with Gasteiger partial charge in [-0.3, -0.25) is 4.79 Å². The largest absolute Gasteiger partial charge is 0.313 e. The molecule has 2 nitrogen and oxygen atoms in total. The third-order valence-corrected chi connectivity index (χ3v) is 2.41. The van der Waals surface area contributed by atoms with Gasteiger partial charge in [-0.1, -0.05) is 23.7 Å². The molecule has 1 aliphatic rings. The summed E-state index contributed by atoms with van der Waals surface area (Å²) in [5, 5.41) is 0.664.